The van der Waals surface area contributed by atoms with Gasteiger partial charge in [-0.3, -0.25) is 16.1 Å². The average Bonchev–Trinajstić information content (AvgIpc) is 2.27. The van der Waals surface area contributed by atoms with Crippen molar-refractivity contribution in [2.75, 3.05) is 13.1 Å². The quantitative estimate of drug-likeness (QED) is 0.584. The molecule has 18 heavy (non-hydrogen) atoms. The van der Waals surface area contributed by atoms with Crippen LogP contribution in [0.25, 0.3) is 0 Å². The van der Waals surface area contributed by atoms with Crippen LogP contribution in [-0.2, 0) is 4.79 Å². The van der Waals surface area contributed by atoms with Crippen LogP contribution < -0.4 is 11.3 Å². The Morgan fingerprint density at radius 3 is 2.11 bits per heavy atom. The van der Waals surface area contributed by atoms with Crippen molar-refractivity contribution in [3.8, 4) is 0 Å². The lowest BCUT2D eigenvalue weighted by Gasteiger charge is -2.60. The van der Waals surface area contributed by atoms with Crippen LogP contribution in [0, 0.1) is 17.8 Å². The number of hydrogen-bond acceptors (Lipinski definition) is 3. The normalized spacial score (nSPS) is 41.1. The predicted octanol–water partition coefficient (Wildman–Crippen LogP) is 1.27. The number of carbonyl (C=O) groups excluding carboxylic acids is 1. The van der Waals surface area contributed by atoms with Crippen molar-refractivity contribution in [1.82, 2.24) is 10.3 Å². The SMILES string of the molecule is CCN(C(=O)CNN)C12CC3CC(CC(C3)C1)C2. The van der Waals surface area contributed by atoms with E-state index in [0.717, 1.165) is 24.3 Å². The first-order valence-corrected chi connectivity index (χ1v) is 7.41. The second-order valence-corrected chi connectivity index (χ2v) is 6.66. The van der Waals surface area contributed by atoms with Gasteiger partial charge in [-0.1, -0.05) is 0 Å². The van der Waals surface area contributed by atoms with Gasteiger partial charge in [-0.25, -0.2) is 0 Å². The van der Waals surface area contributed by atoms with Crippen LogP contribution >= 0.6 is 0 Å². The third kappa shape index (κ3) is 1.86. The molecule has 0 aromatic heterocycles. The van der Waals surface area contributed by atoms with Gasteiger partial charge in [0.05, 0.1) is 6.54 Å². The van der Waals surface area contributed by atoms with E-state index in [1.54, 1.807) is 0 Å². The van der Waals surface area contributed by atoms with Gasteiger partial charge in [0, 0.05) is 12.1 Å². The molecule has 102 valence electrons. The van der Waals surface area contributed by atoms with Crippen molar-refractivity contribution < 1.29 is 4.79 Å². The summed E-state index contributed by atoms with van der Waals surface area (Å²) in [5, 5.41) is 0. The van der Waals surface area contributed by atoms with Crippen LogP contribution in [0.4, 0.5) is 0 Å². The van der Waals surface area contributed by atoms with E-state index < -0.39 is 0 Å². The lowest BCUT2D eigenvalue weighted by atomic mass is 9.52. The molecule has 4 nitrogen and oxygen atoms in total. The lowest BCUT2D eigenvalue weighted by molar-refractivity contribution is -0.149. The van der Waals surface area contributed by atoms with Gasteiger partial charge in [-0.15, -0.1) is 0 Å². The number of hydrogen-bond donors (Lipinski definition) is 2. The van der Waals surface area contributed by atoms with Crippen molar-refractivity contribution in [3.05, 3.63) is 0 Å². The number of nitrogens with two attached hydrogens (primary N) is 1. The molecule has 0 unspecified atom stereocenters. The Hall–Kier alpha value is -0.610. The van der Waals surface area contributed by atoms with Gasteiger partial charge >= 0.3 is 0 Å². The highest BCUT2D eigenvalue weighted by atomic mass is 16.2. The largest absolute Gasteiger partial charge is 0.336 e. The molecule has 0 aromatic carbocycles. The minimum absolute atomic E-state index is 0.178. The Bertz CT molecular complexity index is 307. The molecule has 4 aliphatic carbocycles. The Balaban J connectivity index is 1.82. The average molecular weight is 251 g/mol. The van der Waals surface area contributed by atoms with Gasteiger partial charge in [0.25, 0.3) is 0 Å². The molecule has 0 aromatic rings. The van der Waals surface area contributed by atoms with E-state index in [-0.39, 0.29) is 18.0 Å². The van der Waals surface area contributed by atoms with Crippen LogP contribution in [0.2, 0.25) is 0 Å². The Morgan fingerprint density at radius 2 is 1.72 bits per heavy atom. The van der Waals surface area contributed by atoms with Crippen LogP contribution in [0.1, 0.15) is 45.4 Å². The van der Waals surface area contributed by atoms with Crippen molar-refractivity contribution in [3.63, 3.8) is 0 Å². The van der Waals surface area contributed by atoms with E-state index in [0.29, 0.717) is 0 Å². The fourth-order valence-corrected chi connectivity index (χ4v) is 5.35. The van der Waals surface area contributed by atoms with E-state index >= 15 is 0 Å². The number of nitrogens with one attached hydrogen (secondary N) is 1. The van der Waals surface area contributed by atoms with Gasteiger partial charge in [0.2, 0.25) is 5.91 Å². The fraction of sp³-hybridized carbons (Fsp3) is 0.929. The maximum absolute atomic E-state index is 12.3. The smallest absolute Gasteiger partial charge is 0.238 e. The van der Waals surface area contributed by atoms with Crippen LogP contribution in [0.5, 0.6) is 0 Å². The summed E-state index contributed by atoms with van der Waals surface area (Å²) in [5.41, 5.74) is 2.70. The zero-order chi connectivity index (χ0) is 12.8. The second kappa shape index (κ2) is 4.49. The highest BCUT2D eigenvalue weighted by molar-refractivity contribution is 5.79. The molecule has 4 fully saturated rings. The molecule has 4 bridgehead atoms. The lowest BCUT2D eigenvalue weighted by Crippen LogP contribution is -2.62. The molecule has 4 aliphatic rings. The molecule has 4 rings (SSSR count). The van der Waals surface area contributed by atoms with Crippen molar-refractivity contribution in [2.24, 2.45) is 23.6 Å². The molecule has 0 radical (unpaired) electrons. The Morgan fingerprint density at radius 1 is 1.22 bits per heavy atom. The molecule has 0 spiro atoms. The number of likely N-dealkylation sites (N-methyl/N-ethyl adjacent to an activating group) is 1. The summed E-state index contributed by atoms with van der Waals surface area (Å²) in [4.78, 5) is 14.4. The summed E-state index contributed by atoms with van der Waals surface area (Å²) in [6, 6.07) is 0. The monoisotopic (exact) mass is 251 g/mol. The molecular formula is C14H25N3O. The maximum Gasteiger partial charge on any atom is 0.238 e. The number of amides is 1. The third-order valence-electron chi connectivity index (χ3n) is 5.45. The summed E-state index contributed by atoms with van der Waals surface area (Å²) in [7, 11) is 0. The highest BCUT2D eigenvalue weighted by Crippen LogP contribution is 2.57. The Labute approximate surface area is 109 Å². The van der Waals surface area contributed by atoms with Crippen LogP contribution in [0.3, 0.4) is 0 Å². The van der Waals surface area contributed by atoms with Crippen molar-refractivity contribution in [2.45, 2.75) is 51.0 Å². The Kier molecular flexibility index (Phi) is 3.10. The minimum atomic E-state index is 0.178. The summed E-state index contributed by atoms with van der Waals surface area (Å²) < 4.78 is 0. The minimum Gasteiger partial charge on any atom is -0.336 e. The molecule has 0 atom stereocenters. The van der Waals surface area contributed by atoms with Crippen molar-refractivity contribution >= 4 is 5.91 Å². The predicted molar refractivity (Wildman–Crippen MR) is 70.5 cm³/mol. The fourth-order valence-electron chi connectivity index (χ4n) is 5.35. The van der Waals surface area contributed by atoms with E-state index in [1.165, 1.54) is 38.5 Å². The summed E-state index contributed by atoms with van der Waals surface area (Å²) in [6.07, 6.45) is 7.97. The molecule has 4 heteroatoms. The van der Waals surface area contributed by atoms with Gasteiger partial charge in [0.1, 0.15) is 0 Å². The van der Waals surface area contributed by atoms with Crippen LogP contribution in [0.15, 0.2) is 0 Å². The van der Waals surface area contributed by atoms with E-state index in [4.69, 9.17) is 5.84 Å². The molecular weight excluding hydrogens is 226 g/mol. The molecule has 0 heterocycles. The first-order chi connectivity index (χ1) is 8.66. The van der Waals surface area contributed by atoms with Gasteiger partial charge < -0.3 is 4.90 Å². The standard InChI is InChI=1S/C14H25N3O/c1-2-17(13(18)9-16-15)14-6-10-3-11(7-14)5-12(4-10)8-14/h10-12,16H,2-9,15H2,1H3. The maximum atomic E-state index is 12.3. The third-order valence-corrected chi connectivity index (χ3v) is 5.45. The number of hydrazine groups is 1. The molecule has 1 amide bonds. The highest BCUT2D eigenvalue weighted by Gasteiger charge is 2.54. The number of carbonyl (C=O) groups is 1. The van der Waals surface area contributed by atoms with E-state index in [2.05, 4.69) is 17.2 Å². The van der Waals surface area contributed by atoms with Gasteiger partial charge in [0.15, 0.2) is 0 Å². The molecule has 3 N–H and O–H groups in total. The summed E-state index contributed by atoms with van der Waals surface area (Å²) in [6.45, 7) is 3.20. The first kappa shape index (κ1) is 12.4. The van der Waals surface area contributed by atoms with E-state index in [1.807, 2.05) is 0 Å². The number of rotatable bonds is 4. The molecule has 0 saturated heterocycles. The summed E-state index contributed by atoms with van der Waals surface area (Å²) >= 11 is 0. The second-order valence-electron chi connectivity index (χ2n) is 6.66. The van der Waals surface area contributed by atoms with Crippen molar-refractivity contribution in [1.29, 1.82) is 0 Å². The van der Waals surface area contributed by atoms with Gasteiger partial charge in [-0.05, 0) is 63.2 Å². The first-order valence-electron chi connectivity index (χ1n) is 7.41. The summed E-state index contributed by atoms with van der Waals surface area (Å²) in [5.74, 6) is 8.13. The molecule has 0 aliphatic heterocycles. The zero-order valence-electron chi connectivity index (χ0n) is 11.3. The van der Waals surface area contributed by atoms with Crippen LogP contribution in [-0.4, -0.2) is 29.4 Å². The zero-order valence-corrected chi connectivity index (χ0v) is 11.3. The van der Waals surface area contributed by atoms with Gasteiger partial charge in [-0.2, -0.15) is 0 Å². The van der Waals surface area contributed by atoms with E-state index in [9.17, 15) is 4.79 Å². The topological polar surface area (TPSA) is 58.4 Å². The molecule has 4 saturated carbocycles. The number of nitrogens with zero attached hydrogens (tertiary/aromatic N) is 1.